The number of carbonyl (C=O) groups is 1. The number of rotatable bonds is 5. The standard InChI is InChI=1S/C19H20N4O2/c1-13-8-10-15(11-9-13)23-12-18(14(2)22-23)21-20-17-7-5-4-6-16(17)19(24)25-3/h4-12,20-21H,1-3H3. The number of para-hydroxylation sites is 1. The average molecular weight is 336 g/mol. The summed E-state index contributed by atoms with van der Waals surface area (Å²) in [6.07, 6.45) is 1.90. The van der Waals surface area contributed by atoms with Gasteiger partial charge >= 0.3 is 5.97 Å². The summed E-state index contributed by atoms with van der Waals surface area (Å²) in [6, 6.07) is 15.3. The third-order valence-corrected chi connectivity index (χ3v) is 3.86. The zero-order chi connectivity index (χ0) is 17.8. The van der Waals surface area contributed by atoms with Crippen LogP contribution in [0.15, 0.2) is 54.7 Å². The minimum absolute atomic E-state index is 0.392. The fraction of sp³-hybridized carbons (Fsp3) is 0.158. The second-order valence-electron chi connectivity index (χ2n) is 5.70. The largest absolute Gasteiger partial charge is 0.465 e. The van der Waals surface area contributed by atoms with Gasteiger partial charge in [-0.1, -0.05) is 29.8 Å². The number of hydrazine groups is 1. The second kappa shape index (κ2) is 7.09. The number of nitrogens with zero attached hydrogens (tertiary/aromatic N) is 2. The molecule has 2 N–H and O–H groups in total. The van der Waals surface area contributed by atoms with E-state index in [4.69, 9.17) is 4.74 Å². The molecule has 3 aromatic rings. The van der Waals surface area contributed by atoms with Gasteiger partial charge in [0.1, 0.15) is 0 Å². The summed E-state index contributed by atoms with van der Waals surface area (Å²) in [6.45, 7) is 3.97. The van der Waals surface area contributed by atoms with Crippen molar-refractivity contribution in [1.82, 2.24) is 9.78 Å². The van der Waals surface area contributed by atoms with Crippen LogP contribution in [0.25, 0.3) is 5.69 Å². The van der Waals surface area contributed by atoms with Crippen LogP contribution >= 0.6 is 0 Å². The summed E-state index contributed by atoms with van der Waals surface area (Å²) in [5.74, 6) is -0.392. The Hall–Kier alpha value is -3.28. The second-order valence-corrected chi connectivity index (χ2v) is 5.70. The SMILES string of the molecule is COC(=O)c1ccccc1NNc1cn(-c2ccc(C)cc2)nc1C. The maximum absolute atomic E-state index is 11.8. The van der Waals surface area contributed by atoms with Gasteiger partial charge in [0, 0.05) is 0 Å². The molecule has 1 aromatic heterocycles. The Labute approximate surface area is 146 Å². The predicted molar refractivity (Wildman–Crippen MR) is 98.1 cm³/mol. The molecule has 0 radical (unpaired) electrons. The number of anilines is 2. The topological polar surface area (TPSA) is 68.2 Å². The lowest BCUT2D eigenvalue weighted by atomic mass is 10.2. The number of carbonyl (C=O) groups excluding carboxylic acids is 1. The van der Waals surface area contributed by atoms with Gasteiger partial charge in [0.2, 0.25) is 0 Å². The van der Waals surface area contributed by atoms with E-state index < -0.39 is 5.97 Å². The highest BCUT2D eigenvalue weighted by Crippen LogP contribution is 2.20. The fourth-order valence-corrected chi connectivity index (χ4v) is 2.43. The lowest BCUT2D eigenvalue weighted by molar-refractivity contribution is 0.0602. The highest BCUT2D eigenvalue weighted by Gasteiger charge is 2.12. The molecule has 6 nitrogen and oxygen atoms in total. The molecule has 0 aliphatic heterocycles. The zero-order valence-electron chi connectivity index (χ0n) is 14.4. The van der Waals surface area contributed by atoms with Gasteiger partial charge in [-0.2, -0.15) is 5.10 Å². The molecule has 0 unspecified atom stereocenters. The fourth-order valence-electron chi connectivity index (χ4n) is 2.43. The number of benzene rings is 2. The number of hydrogen-bond donors (Lipinski definition) is 2. The summed E-state index contributed by atoms with van der Waals surface area (Å²) in [7, 11) is 1.36. The van der Waals surface area contributed by atoms with Crippen molar-refractivity contribution in [3.63, 3.8) is 0 Å². The highest BCUT2D eigenvalue weighted by molar-refractivity contribution is 5.95. The lowest BCUT2D eigenvalue weighted by Gasteiger charge is -2.11. The minimum atomic E-state index is -0.392. The van der Waals surface area contributed by atoms with E-state index in [2.05, 4.69) is 16.0 Å². The molecule has 128 valence electrons. The molecule has 2 aromatic carbocycles. The third-order valence-electron chi connectivity index (χ3n) is 3.86. The number of aromatic nitrogens is 2. The molecule has 0 fully saturated rings. The first-order valence-electron chi connectivity index (χ1n) is 7.91. The van der Waals surface area contributed by atoms with Crippen molar-refractivity contribution in [3.8, 4) is 5.69 Å². The number of nitrogens with one attached hydrogen (secondary N) is 2. The van der Waals surface area contributed by atoms with Crippen molar-refractivity contribution in [2.24, 2.45) is 0 Å². The van der Waals surface area contributed by atoms with Crippen LogP contribution in [0, 0.1) is 13.8 Å². The van der Waals surface area contributed by atoms with E-state index in [1.807, 2.05) is 55.1 Å². The first kappa shape index (κ1) is 16.6. The molecule has 0 atom stereocenters. The van der Waals surface area contributed by atoms with E-state index in [1.54, 1.807) is 18.2 Å². The normalized spacial score (nSPS) is 10.4. The van der Waals surface area contributed by atoms with Gasteiger partial charge in [0.05, 0.1) is 41.6 Å². The van der Waals surface area contributed by atoms with Crippen LogP contribution in [0.5, 0.6) is 0 Å². The molecule has 1 heterocycles. The molecule has 0 aliphatic carbocycles. The van der Waals surface area contributed by atoms with Crippen LogP contribution in [0.2, 0.25) is 0 Å². The maximum Gasteiger partial charge on any atom is 0.340 e. The van der Waals surface area contributed by atoms with Gasteiger partial charge in [-0.25, -0.2) is 9.48 Å². The van der Waals surface area contributed by atoms with Gasteiger partial charge < -0.3 is 4.74 Å². The maximum atomic E-state index is 11.8. The van der Waals surface area contributed by atoms with Gasteiger partial charge in [-0.05, 0) is 38.1 Å². The average Bonchev–Trinajstić information content (AvgIpc) is 3.01. The van der Waals surface area contributed by atoms with Crippen LogP contribution in [0.3, 0.4) is 0 Å². The van der Waals surface area contributed by atoms with Crippen molar-refractivity contribution in [1.29, 1.82) is 0 Å². The molecule has 0 amide bonds. The number of esters is 1. The summed E-state index contributed by atoms with van der Waals surface area (Å²) in [4.78, 5) is 11.8. The number of hydrogen-bond acceptors (Lipinski definition) is 5. The molecule has 3 rings (SSSR count). The van der Waals surface area contributed by atoms with E-state index in [9.17, 15) is 4.79 Å². The van der Waals surface area contributed by atoms with Gasteiger partial charge in [-0.15, -0.1) is 0 Å². The van der Waals surface area contributed by atoms with Crippen LogP contribution in [0.1, 0.15) is 21.6 Å². The van der Waals surface area contributed by atoms with Crippen LogP contribution in [-0.2, 0) is 4.74 Å². The molecule has 0 spiro atoms. The van der Waals surface area contributed by atoms with Crippen LogP contribution in [-0.4, -0.2) is 22.9 Å². The van der Waals surface area contributed by atoms with Crippen molar-refractivity contribution in [2.45, 2.75) is 13.8 Å². The Morgan fingerprint density at radius 2 is 1.68 bits per heavy atom. The summed E-state index contributed by atoms with van der Waals surface area (Å²) < 4.78 is 6.61. The summed E-state index contributed by atoms with van der Waals surface area (Å²) in [5, 5.41) is 4.52. The zero-order valence-corrected chi connectivity index (χ0v) is 14.4. The minimum Gasteiger partial charge on any atom is -0.465 e. The number of ether oxygens (including phenoxy) is 1. The summed E-state index contributed by atoms with van der Waals surface area (Å²) >= 11 is 0. The van der Waals surface area contributed by atoms with Crippen molar-refractivity contribution < 1.29 is 9.53 Å². The molecule has 0 aliphatic rings. The smallest absolute Gasteiger partial charge is 0.340 e. The van der Waals surface area contributed by atoms with Gasteiger partial charge in [0.15, 0.2) is 0 Å². The van der Waals surface area contributed by atoms with Crippen molar-refractivity contribution >= 4 is 17.3 Å². The Bertz CT molecular complexity index is 885. The van der Waals surface area contributed by atoms with E-state index in [1.165, 1.54) is 12.7 Å². The molecule has 0 bridgehead atoms. The quantitative estimate of drug-likeness (QED) is 0.549. The third kappa shape index (κ3) is 3.63. The lowest BCUT2D eigenvalue weighted by Crippen LogP contribution is -2.13. The molecule has 6 heteroatoms. The monoisotopic (exact) mass is 336 g/mol. The number of aryl methyl sites for hydroxylation is 2. The van der Waals surface area contributed by atoms with E-state index >= 15 is 0 Å². The van der Waals surface area contributed by atoms with Gasteiger partial charge in [0.25, 0.3) is 0 Å². The first-order chi connectivity index (χ1) is 12.1. The first-order valence-corrected chi connectivity index (χ1v) is 7.91. The van der Waals surface area contributed by atoms with Crippen molar-refractivity contribution in [3.05, 3.63) is 71.5 Å². The molecule has 0 saturated carbocycles. The van der Waals surface area contributed by atoms with E-state index in [0.29, 0.717) is 11.3 Å². The Kier molecular flexibility index (Phi) is 4.70. The Morgan fingerprint density at radius 1 is 1.00 bits per heavy atom. The van der Waals surface area contributed by atoms with Crippen LogP contribution in [0.4, 0.5) is 11.4 Å². The Morgan fingerprint density at radius 3 is 2.40 bits per heavy atom. The molecular formula is C19H20N4O2. The summed E-state index contributed by atoms with van der Waals surface area (Å²) in [5.41, 5.74) is 11.1. The predicted octanol–water partition coefficient (Wildman–Crippen LogP) is 3.71. The van der Waals surface area contributed by atoms with Crippen LogP contribution < -0.4 is 10.9 Å². The van der Waals surface area contributed by atoms with E-state index in [-0.39, 0.29) is 0 Å². The molecular weight excluding hydrogens is 316 g/mol. The van der Waals surface area contributed by atoms with E-state index in [0.717, 1.165) is 17.1 Å². The highest BCUT2D eigenvalue weighted by atomic mass is 16.5. The Balaban J connectivity index is 1.79. The molecule has 0 saturated heterocycles. The number of methoxy groups -OCH3 is 1. The van der Waals surface area contributed by atoms with Crippen molar-refractivity contribution in [2.75, 3.05) is 18.0 Å². The molecule has 25 heavy (non-hydrogen) atoms. The van der Waals surface area contributed by atoms with Gasteiger partial charge in [-0.3, -0.25) is 10.9 Å².